The summed E-state index contributed by atoms with van der Waals surface area (Å²) < 4.78 is 0.669. The fourth-order valence-electron chi connectivity index (χ4n) is 4.14. The first-order valence-electron chi connectivity index (χ1n) is 12.1. The molecule has 0 bridgehead atoms. The molecule has 5 nitrogen and oxygen atoms in total. The van der Waals surface area contributed by atoms with Gasteiger partial charge in [-0.25, -0.2) is 0 Å². The normalized spacial score (nSPS) is 11.7. The molecule has 1 aromatic carbocycles. The van der Waals surface area contributed by atoms with Crippen molar-refractivity contribution in [1.82, 2.24) is 0 Å². The Labute approximate surface area is 184 Å². The molecular weight excluding hydrogens is 376 g/mol. The van der Waals surface area contributed by atoms with Crippen molar-refractivity contribution in [2.75, 3.05) is 20.6 Å². The van der Waals surface area contributed by atoms with Crippen molar-refractivity contribution in [3.63, 3.8) is 0 Å². The predicted octanol–water partition coefficient (Wildman–Crippen LogP) is 6.73. The molecule has 0 saturated heterocycles. The van der Waals surface area contributed by atoms with Crippen LogP contribution in [0.1, 0.15) is 102 Å². The molecule has 0 saturated carbocycles. The van der Waals surface area contributed by atoms with Gasteiger partial charge in [-0.2, -0.15) is 0 Å². The zero-order valence-corrected chi connectivity index (χ0v) is 19.7. The van der Waals surface area contributed by atoms with E-state index in [1.54, 1.807) is 0 Å². The Morgan fingerprint density at radius 1 is 0.800 bits per heavy atom. The summed E-state index contributed by atoms with van der Waals surface area (Å²) in [4.78, 5) is 10.8. The first-order valence-corrected chi connectivity index (χ1v) is 12.1. The Morgan fingerprint density at radius 3 is 1.73 bits per heavy atom. The third-order valence-corrected chi connectivity index (χ3v) is 5.96. The number of hydrogen-bond acceptors (Lipinski definition) is 3. The van der Waals surface area contributed by atoms with Gasteiger partial charge in [0.15, 0.2) is 0 Å². The second-order valence-corrected chi connectivity index (χ2v) is 9.46. The summed E-state index contributed by atoms with van der Waals surface area (Å²) in [6.07, 6.45) is 18.8. The molecular formula is C25H44N2O3. The minimum absolute atomic E-state index is 0.0572. The lowest BCUT2D eigenvalue weighted by molar-refractivity contribution is -0.904. The first kappa shape index (κ1) is 26.4. The Kier molecular flexibility index (Phi) is 13.4. The van der Waals surface area contributed by atoms with Crippen molar-refractivity contribution in [3.05, 3.63) is 33.9 Å². The quantitative estimate of drug-likeness (QED) is 0.114. The number of hydrogen-bond donors (Lipinski definition) is 0. The van der Waals surface area contributed by atoms with Gasteiger partial charge in [0.25, 0.3) is 5.69 Å². The standard InChI is InChI=1S/C25H44N2O3/c1-4-5-6-7-8-9-10-11-12-13-14-15-16-17-20-27(2,3)22-23-21-24(28)18-19-25(23)26(29)30/h18-19,21H,4-17,20,22H2,1-3H3. The van der Waals surface area contributed by atoms with Crippen LogP contribution in [-0.4, -0.2) is 30.0 Å². The van der Waals surface area contributed by atoms with E-state index in [1.165, 1.54) is 102 Å². The van der Waals surface area contributed by atoms with E-state index in [9.17, 15) is 15.2 Å². The molecule has 30 heavy (non-hydrogen) atoms. The van der Waals surface area contributed by atoms with Crippen LogP contribution in [0.3, 0.4) is 0 Å². The molecule has 0 aliphatic heterocycles. The van der Waals surface area contributed by atoms with Crippen LogP contribution in [0.15, 0.2) is 18.2 Å². The van der Waals surface area contributed by atoms with Gasteiger partial charge in [0.05, 0.1) is 31.1 Å². The highest BCUT2D eigenvalue weighted by Crippen LogP contribution is 2.25. The van der Waals surface area contributed by atoms with Crippen molar-refractivity contribution in [2.24, 2.45) is 0 Å². The zero-order valence-electron chi connectivity index (χ0n) is 19.7. The van der Waals surface area contributed by atoms with Crippen LogP contribution in [0.2, 0.25) is 0 Å². The largest absolute Gasteiger partial charge is 0.872 e. The van der Waals surface area contributed by atoms with E-state index in [0.29, 0.717) is 16.6 Å². The van der Waals surface area contributed by atoms with Gasteiger partial charge in [0, 0.05) is 6.07 Å². The van der Waals surface area contributed by atoms with Crippen molar-refractivity contribution in [2.45, 2.75) is 103 Å². The summed E-state index contributed by atoms with van der Waals surface area (Å²) in [6, 6.07) is 4.03. The Hall–Kier alpha value is -1.62. The summed E-state index contributed by atoms with van der Waals surface area (Å²) in [5.41, 5.74) is 0.602. The summed E-state index contributed by atoms with van der Waals surface area (Å²) in [5, 5.41) is 22.8. The van der Waals surface area contributed by atoms with Crippen LogP contribution in [0, 0.1) is 10.1 Å². The van der Waals surface area contributed by atoms with Gasteiger partial charge in [-0.1, -0.05) is 96.1 Å². The zero-order chi connectivity index (χ0) is 22.2. The van der Waals surface area contributed by atoms with Crippen LogP contribution in [0.4, 0.5) is 5.69 Å². The molecule has 0 aliphatic carbocycles. The minimum atomic E-state index is -0.388. The van der Waals surface area contributed by atoms with Crippen molar-refractivity contribution < 1.29 is 14.5 Å². The highest BCUT2D eigenvalue weighted by atomic mass is 16.6. The number of nitro groups is 1. The molecule has 1 rings (SSSR count). The molecule has 0 radical (unpaired) electrons. The maximum absolute atomic E-state index is 11.6. The molecule has 5 heteroatoms. The third-order valence-electron chi connectivity index (χ3n) is 5.96. The topological polar surface area (TPSA) is 66.2 Å². The fourth-order valence-corrected chi connectivity index (χ4v) is 4.14. The lowest BCUT2D eigenvalue weighted by atomic mass is 10.0. The third kappa shape index (κ3) is 12.2. The van der Waals surface area contributed by atoms with Crippen LogP contribution >= 0.6 is 0 Å². The average molecular weight is 421 g/mol. The van der Waals surface area contributed by atoms with E-state index in [-0.39, 0.29) is 16.4 Å². The van der Waals surface area contributed by atoms with Crippen LogP contribution < -0.4 is 5.11 Å². The molecule has 172 valence electrons. The molecule has 0 heterocycles. The second-order valence-electron chi connectivity index (χ2n) is 9.46. The SMILES string of the molecule is CCCCCCCCCCCCCCCC[N+](C)(C)Cc1cc([O-])ccc1[N+](=O)[O-]. The van der Waals surface area contributed by atoms with Crippen LogP contribution in [0.5, 0.6) is 5.75 Å². The molecule has 0 unspecified atom stereocenters. The Balaban J connectivity index is 2.10. The molecule has 0 fully saturated rings. The lowest BCUT2D eigenvalue weighted by Crippen LogP contribution is -2.39. The van der Waals surface area contributed by atoms with E-state index in [4.69, 9.17) is 0 Å². The van der Waals surface area contributed by atoms with Gasteiger partial charge in [-0.05, 0) is 12.8 Å². The summed E-state index contributed by atoms with van der Waals surface area (Å²) in [7, 11) is 4.17. The van der Waals surface area contributed by atoms with E-state index < -0.39 is 0 Å². The summed E-state index contributed by atoms with van der Waals surface area (Å²) in [6.45, 7) is 3.76. The number of nitro benzene ring substituents is 1. The Bertz CT molecular complexity index is 602. The number of unbranched alkanes of at least 4 members (excludes halogenated alkanes) is 13. The maximum atomic E-state index is 11.6. The molecule has 0 aliphatic rings. The average Bonchev–Trinajstić information content (AvgIpc) is 2.67. The highest BCUT2D eigenvalue weighted by molar-refractivity contribution is 5.43. The molecule has 0 N–H and O–H groups in total. The number of quaternary nitrogens is 1. The Morgan fingerprint density at radius 2 is 1.27 bits per heavy atom. The maximum Gasteiger partial charge on any atom is 0.278 e. The number of benzene rings is 1. The predicted molar refractivity (Wildman–Crippen MR) is 124 cm³/mol. The highest BCUT2D eigenvalue weighted by Gasteiger charge is 2.22. The van der Waals surface area contributed by atoms with Crippen molar-refractivity contribution in [1.29, 1.82) is 0 Å². The molecule has 0 atom stereocenters. The molecule has 0 spiro atoms. The number of nitrogens with zero attached hydrogens (tertiary/aromatic N) is 2. The van der Waals surface area contributed by atoms with Crippen molar-refractivity contribution in [3.8, 4) is 5.75 Å². The first-order chi connectivity index (χ1) is 14.4. The van der Waals surface area contributed by atoms with Gasteiger partial charge < -0.3 is 9.59 Å². The minimum Gasteiger partial charge on any atom is -0.872 e. The van der Waals surface area contributed by atoms with Gasteiger partial charge in [-0.15, -0.1) is 5.75 Å². The van der Waals surface area contributed by atoms with Crippen molar-refractivity contribution >= 4 is 5.69 Å². The summed E-state index contributed by atoms with van der Waals surface area (Å²) in [5.74, 6) is -0.160. The molecule has 1 aromatic rings. The monoisotopic (exact) mass is 420 g/mol. The van der Waals surface area contributed by atoms with E-state index in [1.807, 2.05) is 0 Å². The second kappa shape index (κ2) is 15.2. The van der Waals surface area contributed by atoms with Gasteiger partial charge in [-0.3, -0.25) is 10.1 Å². The van der Waals surface area contributed by atoms with E-state index >= 15 is 0 Å². The molecule has 0 aromatic heterocycles. The van der Waals surface area contributed by atoms with Gasteiger partial charge in [0.1, 0.15) is 6.54 Å². The van der Waals surface area contributed by atoms with E-state index in [0.717, 1.165) is 13.0 Å². The van der Waals surface area contributed by atoms with Crippen LogP contribution in [-0.2, 0) is 6.54 Å². The molecule has 0 amide bonds. The number of rotatable bonds is 18. The van der Waals surface area contributed by atoms with Crippen LogP contribution in [0.25, 0.3) is 0 Å². The lowest BCUT2D eigenvalue weighted by Gasteiger charge is -2.30. The van der Waals surface area contributed by atoms with Gasteiger partial charge in [0.2, 0.25) is 0 Å². The summed E-state index contributed by atoms with van der Waals surface area (Å²) >= 11 is 0. The van der Waals surface area contributed by atoms with E-state index in [2.05, 4.69) is 21.0 Å². The van der Waals surface area contributed by atoms with Gasteiger partial charge >= 0.3 is 0 Å². The smallest absolute Gasteiger partial charge is 0.278 e. The fraction of sp³-hybridized carbons (Fsp3) is 0.760.